The van der Waals surface area contributed by atoms with E-state index in [1.807, 2.05) is 150 Å². The third-order valence-electron chi connectivity index (χ3n) is 25.5. The van der Waals surface area contributed by atoms with Crippen molar-refractivity contribution in [2.45, 2.75) is 213 Å². The fraction of sp³-hybridized carbons (Fsp3) is 0.434. The molecule has 12 aromatic rings. The number of benzene rings is 4. The lowest BCUT2D eigenvalue weighted by atomic mass is 9.87. The molecule has 0 bridgehead atoms. The van der Waals surface area contributed by atoms with E-state index >= 15 is 0 Å². The van der Waals surface area contributed by atoms with Gasteiger partial charge in [-0.05, 0) is 202 Å². The maximum atomic E-state index is 13.5. The smallest absolute Gasteiger partial charge is 0.225 e. The van der Waals surface area contributed by atoms with Crippen LogP contribution in [0.3, 0.4) is 0 Å². The van der Waals surface area contributed by atoms with Crippen molar-refractivity contribution < 1.29 is 19.2 Å². The predicted molar refractivity (Wildman–Crippen MR) is 535 cm³/mol. The number of piperazine rings is 2. The lowest BCUT2D eigenvalue weighted by Crippen LogP contribution is -2.54. The van der Waals surface area contributed by atoms with E-state index in [9.17, 15) is 19.2 Å². The fourth-order valence-corrected chi connectivity index (χ4v) is 22.8. The molecule has 0 aliphatic carbocycles. The number of hydrogen-bond acceptors (Lipinski definition) is 23. The molecule has 2 saturated heterocycles. The summed E-state index contributed by atoms with van der Waals surface area (Å²) in [5, 5.41) is 45.3. The number of ketones is 2. The first kappa shape index (κ1) is 96.8. The number of hydrogen-bond donors (Lipinski definition) is 1. The van der Waals surface area contributed by atoms with Gasteiger partial charge in [-0.2, -0.15) is 0 Å². The molecular formula is C99H115Cl4N21O4S4. The van der Waals surface area contributed by atoms with E-state index in [0.29, 0.717) is 44.7 Å². The van der Waals surface area contributed by atoms with E-state index in [-0.39, 0.29) is 59.8 Å². The normalized spacial score (nSPS) is 17.3. The van der Waals surface area contributed by atoms with Crippen molar-refractivity contribution in [2.24, 2.45) is 25.4 Å². The van der Waals surface area contributed by atoms with Crippen LogP contribution in [0.15, 0.2) is 117 Å². The largest absolute Gasteiger partial charge is 0.355 e. The highest BCUT2D eigenvalue weighted by Gasteiger charge is 2.41. The first-order chi connectivity index (χ1) is 62.5. The van der Waals surface area contributed by atoms with Crippen LogP contribution in [0.4, 0.5) is 0 Å². The van der Waals surface area contributed by atoms with Crippen molar-refractivity contribution in [1.82, 2.24) is 84.0 Å². The topological polar surface area (TPSA) is 266 Å². The van der Waals surface area contributed by atoms with Gasteiger partial charge in [0, 0.05) is 179 Å². The summed E-state index contributed by atoms with van der Waals surface area (Å²) in [4.78, 5) is 86.4. The van der Waals surface area contributed by atoms with E-state index < -0.39 is 23.5 Å². The zero-order valence-corrected chi connectivity index (χ0v) is 85.5. The molecule has 33 heteroatoms. The zero-order chi connectivity index (χ0) is 94.8. The molecule has 0 spiro atoms. The highest BCUT2D eigenvalue weighted by atomic mass is 35.5. The molecule has 4 atom stereocenters. The molecule has 1 N–H and O–H groups in total. The average molecular weight is 1930 g/mol. The molecule has 2 amide bonds. The monoisotopic (exact) mass is 1930 g/mol. The summed E-state index contributed by atoms with van der Waals surface area (Å²) in [6.45, 7) is 54.5. The van der Waals surface area contributed by atoms with Gasteiger partial charge in [0.1, 0.15) is 79.0 Å². The number of aliphatic imine (C=N–C) groups is 4. The summed E-state index contributed by atoms with van der Waals surface area (Å²) in [5.41, 5.74) is 16.3. The Morgan fingerprint density at radius 1 is 0.364 bits per heavy atom. The number of aromatic nitrogens is 12. The lowest BCUT2D eigenvalue weighted by Gasteiger charge is -2.42. The first-order valence-electron chi connectivity index (χ1n) is 44.8. The van der Waals surface area contributed by atoms with Gasteiger partial charge < -0.3 is 10.2 Å². The average Bonchev–Trinajstić information content (AvgIpc) is 1.60. The molecule has 6 aliphatic rings. The van der Waals surface area contributed by atoms with Crippen LogP contribution in [0.1, 0.15) is 252 Å². The van der Waals surface area contributed by atoms with Crippen LogP contribution >= 0.6 is 91.8 Å². The quantitative estimate of drug-likeness (QED) is 0.1000. The molecule has 2 fully saturated rings. The van der Waals surface area contributed by atoms with Crippen molar-refractivity contribution in [3.8, 4) is 20.0 Å². The SMILES string of the molecule is CC(=O)C[C@@H]1N=C(c2ccc(Cl)cc2)c2c(sc(C)c2C)-n2c(C)nnc21.Cc1sc2c(c1C)C(c1ccc(Cl)cc1)=N[C@@H](CC(=O)C(C)(C)C)c1nnc(C)n1-2.Cc1sc2c(c1C)C(c1ccc(Cl)cc1)=N[C@@H](CC(=O)N1CCN(C(C)(C)C)CC1)c1nnc(C)n1-2.Cc1sc2c(c1C)C(c1ccc(Cl)cc1)=N[C@@H](CC(=O)NCCN1CCN(C(C)(C)C)CC1)c1nnc(C)n1-2. The number of nitrogens with zero attached hydrogens (tertiary/aromatic N) is 20. The lowest BCUT2D eigenvalue weighted by molar-refractivity contribution is -0.134. The Morgan fingerprint density at radius 2 is 0.636 bits per heavy atom. The van der Waals surface area contributed by atoms with Crippen molar-refractivity contribution in [1.29, 1.82) is 0 Å². The summed E-state index contributed by atoms with van der Waals surface area (Å²) in [7, 11) is 0. The van der Waals surface area contributed by atoms with Gasteiger partial charge >= 0.3 is 0 Å². The summed E-state index contributed by atoms with van der Waals surface area (Å²) in [5.74, 6) is 6.36. The fourth-order valence-electron chi connectivity index (χ4n) is 17.4. The number of Topliss-reactive ketones (excluding diaryl/α,β-unsaturated/α-hetero) is 2. The summed E-state index contributed by atoms with van der Waals surface area (Å²) < 4.78 is 8.31. The van der Waals surface area contributed by atoms with Crippen LogP contribution in [-0.2, 0) is 19.2 Å². The summed E-state index contributed by atoms with van der Waals surface area (Å²) >= 11 is 31.5. The van der Waals surface area contributed by atoms with E-state index in [1.165, 1.54) is 41.8 Å². The predicted octanol–water partition coefficient (Wildman–Crippen LogP) is 20.4. The van der Waals surface area contributed by atoms with Gasteiger partial charge in [0.25, 0.3) is 0 Å². The van der Waals surface area contributed by atoms with E-state index in [1.54, 1.807) is 52.3 Å². The minimum Gasteiger partial charge on any atom is -0.355 e. The Balaban J connectivity index is 0.000000136. The molecule has 132 heavy (non-hydrogen) atoms. The minimum atomic E-state index is -0.452. The van der Waals surface area contributed by atoms with Crippen molar-refractivity contribution >= 4 is 138 Å². The van der Waals surface area contributed by atoms with Gasteiger partial charge in [0.15, 0.2) is 23.3 Å². The molecular weight excluding hydrogens is 1820 g/mol. The van der Waals surface area contributed by atoms with Crippen LogP contribution < -0.4 is 5.32 Å². The number of carbonyl (C=O) groups excluding carboxylic acids is 4. The molecule has 18 rings (SSSR count). The number of thiophene rings is 4. The number of fused-ring (bicyclic) bond motifs is 12. The van der Waals surface area contributed by atoms with Gasteiger partial charge in [-0.1, -0.05) is 116 Å². The molecule has 0 radical (unpaired) electrons. The minimum absolute atomic E-state index is 0.0297. The highest BCUT2D eigenvalue weighted by molar-refractivity contribution is 7.16. The van der Waals surface area contributed by atoms with Gasteiger partial charge in [-0.3, -0.25) is 72.1 Å². The maximum absolute atomic E-state index is 13.5. The van der Waals surface area contributed by atoms with Crippen molar-refractivity contribution in [3.05, 3.63) is 250 Å². The Morgan fingerprint density at radius 3 is 0.917 bits per heavy atom. The van der Waals surface area contributed by atoms with Crippen LogP contribution in [0.5, 0.6) is 0 Å². The van der Waals surface area contributed by atoms with Crippen molar-refractivity contribution in [2.75, 3.05) is 65.4 Å². The molecule has 14 heterocycles. The Labute approximate surface area is 809 Å². The number of aryl methyl sites for hydroxylation is 8. The Hall–Kier alpha value is -9.76. The number of halogens is 4. The van der Waals surface area contributed by atoms with Crippen LogP contribution in [0.25, 0.3) is 20.0 Å². The van der Waals surface area contributed by atoms with Gasteiger partial charge in [0.2, 0.25) is 11.8 Å². The van der Waals surface area contributed by atoms with Gasteiger partial charge in [0.05, 0.1) is 35.7 Å². The van der Waals surface area contributed by atoms with Crippen molar-refractivity contribution in [3.63, 3.8) is 0 Å². The number of nitrogens with one attached hydrogen (secondary N) is 1. The molecule has 25 nitrogen and oxygen atoms in total. The molecule has 4 aromatic carbocycles. The number of carbonyl (C=O) groups is 4. The molecule has 6 aliphatic heterocycles. The number of amides is 2. The van der Waals surface area contributed by atoms with Gasteiger partial charge in [-0.15, -0.1) is 86.1 Å². The molecule has 8 aromatic heterocycles. The Kier molecular flexibility index (Phi) is 28.8. The molecule has 0 saturated carbocycles. The van der Waals surface area contributed by atoms with E-state index in [2.05, 4.69) is 176 Å². The molecule has 0 unspecified atom stereocenters. The van der Waals surface area contributed by atoms with Gasteiger partial charge in [-0.25, -0.2) is 0 Å². The third-order valence-corrected chi connectivity index (χ3v) is 31.3. The first-order valence-corrected chi connectivity index (χ1v) is 49.5. The maximum Gasteiger partial charge on any atom is 0.225 e. The zero-order valence-electron chi connectivity index (χ0n) is 79.2. The van der Waals surface area contributed by atoms with E-state index in [4.69, 9.17) is 66.4 Å². The second-order valence-electron chi connectivity index (χ2n) is 37.7. The third kappa shape index (κ3) is 20.3. The second-order valence-corrected chi connectivity index (χ2v) is 44.3. The molecule has 692 valence electrons. The van der Waals surface area contributed by atoms with Crippen LogP contribution in [-0.4, -0.2) is 201 Å². The van der Waals surface area contributed by atoms with Crippen LogP contribution in [0.2, 0.25) is 20.1 Å². The Bertz CT molecular complexity index is 6500. The highest BCUT2D eigenvalue weighted by Crippen LogP contribution is 2.46. The second kappa shape index (κ2) is 39.3. The summed E-state index contributed by atoms with van der Waals surface area (Å²) in [6, 6.07) is 29.3. The number of rotatable bonds is 15. The standard InChI is InChI=1S/C29H38ClN7OS.C27H33ClN6OS.C23H25ClN4OS.C20H19ClN4OS/c1-18-19(2)39-28-25(18)26(21-7-9-22(30)10-8-21)32-23(27-34-33-20(3)37(27)28)17-24(38)31-11-12-35-13-15-36(16-14-35)29(4,5)6;1-16-17(2)36-26-23(16)24(19-7-9-20(28)10-8-19)29-21(25-31-30-18(3)34(25)26)15-22(35)32-11-13-33(14-12-32)27(4,5)6;1-12-13(2)30-22-19(12)20(15-7-9-16(24)10-8-15)25-17(11-18(29)23(4,5)6)21-27-26-14(3)28(21)22;1-10(26)9-16-19-24-23-13(4)25(19)20-17(11(2)12(3)27-20)18(22-16)14-5-7-15(21)8-6-14/h7-10,23H,11-17H2,1-6H3,(H,31,38);7-10,21H,11-15H2,1-6H3;7-10,17H,11H2,1-6H3;5-8,16H,9H2,1-4H3/t23-;21-;17-;16-/m0000/s1. The summed E-state index contributed by atoms with van der Waals surface area (Å²) in [6.07, 6.45) is 1.05. The van der Waals surface area contributed by atoms with E-state index in [0.717, 1.165) is 181 Å². The van der Waals surface area contributed by atoms with Crippen LogP contribution in [0, 0.1) is 88.5 Å².